The highest BCUT2D eigenvalue weighted by molar-refractivity contribution is 5.67. The first kappa shape index (κ1) is 21.6. The molecule has 4 aliphatic carbocycles. The van der Waals surface area contributed by atoms with Gasteiger partial charge in [-0.05, 0) is 92.3 Å². The van der Waals surface area contributed by atoms with Gasteiger partial charge in [0, 0.05) is 0 Å². The summed E-state index contributed by atoms with van der Waals surface area (Å²) in [4.78, 5) is 12.5. The molecule has 4 aliphatic rings. The third-order valence-corrected chi connectivity index (χ3v) is 10.1. The monoisotopic (exact) mass is 400 g/mol. The summed E-state index contributed by atoms with van der Waals surface area (Å²) in [5, 5.41) is 10.2. The molecule has 3 saturated carbocycles. The summed E-state index contributed by atoms with van der Waals surface area (Å²) >= 11 is 0. The summed E-state index contributed by atoms with van der Waals surface area (Å²) in [5.74, 6) is 4.53. The molecular formula is C27H44O2. The van der Waals surface area contributed by atoms with Crippen molar-refractivity contribution in [2.24, 2.45) is 46.3 Å². The molecule has 0 saturated heterocycles. The van der Waals surface area contributed by atoms with Crippen molar-refractivity contribution in [2.75, 3.05) is 0 Å². The van der Waals surface area contributed by atoms with E-state index in [2.05, 4.69) is 33.8 Å². The van der Waals surface area contributed by atoms with Gasteiger partial charge in [0.1, 0.15) is 6.29 Å². The molecule has 2 heteroatoms. The van der Waals surface area contributed by atoms with E-state index < -0.39 is 0 Å². The molecule has 0 aliphatic heterocycles. The predicted octanol–water partition coefficient (Wildman–Crippen LogP) is 6.57. The largest absolute Gasteiger partial charge is 0.393 e. The molecule has 4 rings (SSSR count). The molecular weight excluding hydrogens is 356 g/mol. The molecule has 3 fully saturated rings. The predicted molar refractivity (Wildman–Crippen MR) is 119 cm³/mol. The Morgan fingerprint density at radius 2 is 1.90 bits per heavy atom. The Morgan fingerprint density at radius 3 is 2.62 bits per heavy atom. The van der Waals surface area contributed by atoms with Crippen molar-refractivity contribution in [1.29, 1.82) is 0 Å². The first-order chi connectivity index (χ1) is 13.8. The summed E-state index contributed by atoms with van der Waals surface area (Å²) in [6, 6.07) is 0. The topological polar surface area (TPSA) is 37.3 Å². The minimum absolute atomic E-state index is 0.234. The molecule has 0 bridgehead atoms. The standard InChI is InChI=1S/C27H44O2/c1-18(2)6-5-7-19(3)23-10-11-24-22-9-8-20-16-21(29)12-15-27(20,17-28)25(22)13-14-26(23,24)4/h8,17-19,21-25,29H,5-7,9-16H2,1-4H3/t19-,21+,22+,23-,24+,25-,26-,27-/m1/s1. The van der Waals surface area contributed by atoms with E-state index in [-0.39, 0.29) is 11.5 Å². The van der Waals surface area contributed by atoms with E-state index in [9.17, 15) is 9.90 Å². The molecule has 2 nitrogen and oxygen atoms in total. The fourth-order valence-corrected chi connectivity index (χ4v) is 8.59. The molecule has 0 heterocycles. The average molecular weight is 401 g/mol. The molecule has 1 N–H and O–H groups in total. The van der Waals surface area contributed by atoms with Crippen LogP contribution in [0.3, 0.4) is 0 Å². The van der Waals surface area contributed by atoms with E-state index in [1.54, 1.807) is 0 Å². The third kappa shape index (κ3) is 3.56. The Bertz CT molecular complexity index is 636. The zero-order valence-electron chi connectivity index (χ0n) is 19.3. The second-order valence-corrected chi connectivity index (χ2v) is 11.9. The smallest absolute Gasteiger partial charge is 0.130 e. The summed E-state index contributed by atoms with van der Waals surface area (Å²) in [6.07, 6.45) is 16.5. The Hall–Kier alpha value is -0.630. The number of hydrogen-bond donors (Lipinski definition) is 1. The normalized spacial score (nSPS) is 45.2. The van der Waals surface area contributed by atoms with Crippen LogP contribution in [0.4, 0.5) is 0 Å². The summed E-state index contributed by atoms with van der Waals surface area (Å²) in [7, 11) is 0. The van der Waals surface area contributed by atoms with Crippen LogP contribution >= 0.6 is 0 Å². The van der Waals surface area contributed by atoms with Crippen LogP contribution in [0.1, 0.15) is 98.3 Å². The van der Waals surface area contributed by atoms with Gasteiger partial charge in [-0.25, -0.2) is 0 Å². The second-order valence-electron chi connectivity index (χ2n) is 11.9. The molecule has 0 aromatic rings. The maximum Gasteiger partial charge on any atom is 0.130 e. The molecule has 0 unspecified atom stereocenters. The lowest BCUT2D eigenvalue weighted by Crippen LogP contribution is -2.52. The maximum absolute atomic E-state index is 12.5. The van der Waals surface area contributed by atoms with Crippen LogP contribution in [-0.4, -0.2) is 17.5 Å². The Kier molecular flexibility index (Phi) is 6.06. The van der Waals surface area contributed by atoms with Crippen LogP contribution in [0.2, 0.25) is 0 Å². The highest BCUT2D eigenvalue weighted by Crippen LogP contribution is 2.67. The Labute approximate surface area is 178 Å². The minimum atomic E-state index is -0.246. The molecule has 8 atom stereocenters. The maximum atomic E-state index is 12.5. The number of aliphatic hydroxyl groups excluding tert-OH is 1. The third-order valence-electron chi connectivity index (χ3n) is 10.1. The second kappa shape index (κ2) is 8.13. The van der Waals surface area contributed by atoms with Crippen LogP contribution in [0.15, 0.2) is 11.6 Å². The summed E-state index contributed by atoms with van der Waals surface area (Å²) < 4.78 is 0. The van der Waals surface area contributed by atoms with Crippen molar-refractivity contribution < 1.29 is 9.90 Å². The van der Waals surface area contributed by atoms with Gasteiger partial charge in [-0.2, -0.15) is 0 Å². The van der Waals surface area contributed by atoms with Crippen molar-refractivity contribution in [1.82, 2.24) is 0 Å². The molecule has 0 aromatic carbocycles. The number of aliphatic hydroxyl groups is 1. The average Bonchev–Trinajstić information content (AvgIpc) is 3.04. The number of rotatable bonds is 6. The van der Waals surface area contributed by atoms with E-state index >= 15 is 0 Å². The fourth-order valence-electron chi connectivity index (χ4n) is 8.59. The minimum Gasteiger partial charge on any atom is -0.393 e. The molecule has 0 amide bonds. The highest BCUT2D eigenvalue weighted by atomic mass is 16.3. The summed E-state index contributed by atoms with van der Waals surface area (Å²) in [6.45, 7) is 9.83. The van der Waals surface area contributed by atoms with Crippen molar-refractivity contribution >= 4 is 6.29 Å². The molecule has 0 aromatic heterocycles. The van der Waals surface area contributed by atoms with Crippen molar-refractivity contribution in [3.8, 4) is 0 Å². The van der Waals surface area contributed by atoms with Crippen molar-refractivity contribution in [3.63, 3.8) is 0 Å². The number of aldehydes is 1. The lowest BCUT2D eigenvalue weighted by atomic mass is 9.46. The van der Waals surface area contributed by atoms with Crippen LogP contribution in [0.5, 0.6) is 0 Å². The lowest BCUT2D eigenvalue weighted by molar-refractivity contribution is -0.127. The zero-order chi connectivity index (χ0) is 20.8. The van der Waals surface area contributed by atoms with Gasteiger partial charge >= 0.3 is 0 Å². The van der Waals surface area contributed by atoms with Gasteiger partial charge in [0.15, 0.2) is 0 Å². The van der Waals surface area contributed by atoms with Gasteiger partial charge in [-0.1, -0.05) is 58.6 Å². The van der Waals surface area contributed by atoms with Crippen molar-refractivity contribution in [3.05, 3.63) is 11.6 Å². The number of carbonyl (C=O) groups excluding carboxylic acids is 1. The van der Waals surface area contributed by atoms with Crippen LogP contribution in [0, 0.1) is 46.3 Å². The quantitative estimate of drug-likeness (QED) is 0.404. The van der Waals surface area contributed by atoms with Crippen LogP contribution in [0.25, 0.3) is 0 Å². The SMILES string of the molecule is CC(C)CCC[C@@H](C)[C@H]1CC[C@H]2[C@@H]3CC=C4C[C@@H](O)CC[C@]4(C=O)[C@@H]3CC[C@]12C. The lowest BCUT2D eigenvalue weighted by Gasteiger charge is -2.57. The van der Waals surface area contributed by atoms with E-state index in [1.165, 1.54) is 56.8 Å². The number of carbonyl (C=O) groups is 1. The van der Waals surface area contributed by atoms with E-state index in [0.29, 0.717) is 17.3 Å². The van der Waals surface area contributed by atoms with E-state index in [4.69, 9.17) is 0 Å². The van der Waals surface area contributed by atoms with Gasteiger partial charge in [0.2, 0.25) is 0 Å². The van der Waals surface area contributed by atoms with E-state index in [0.717, 1.165) is 49.4 Å². The van der Waals surface area contributed by atoms with Gasteiger partial charge in [0.25, 0.3) is 0 Å². The van der Waals surface area contributed by atoms with Gasteiger partial charge < -0.3 is 9.90 Å². The summed E-state index contributed by atoms with van der Waals surface area (Å²) in [5.41, 5.74) is 1.51. The number of allylic oxidation sites excluding steroid dienone is 1. The first-order valence-electron chi connectivity index (χ1n) is 12.7. The van der Waals surface area contributed by atoms with Crippen LogP contribution in [-0.2, 0) is 4.79 Å². The van der Waals surface area contributed by atoms with Gasteiger partial charge in [0.05, 0.1) is 11.5 Å². The molecule has 0 spiro atoms. The molecule has 0 radical (unpaired) electrons. The fraction of sp³-hybridized carbons (Fsp3) is 0.889. The zero-order valence-corrected chi connectivity index (χ0v) is 19.3. The molecule has 29 heavy (non-hydrogen) atoms. The van der Waals surface area contributed by atoms with Gasteiger partial charge in [-0.3, -0.25) is 0 Å². The highest BCUT2D eigenvalue weighted by Gasteiger charge is 2.60. The Morgan fingerprint density at radius 1 is 1.10 bits per heavy atom. The number of fused-ring (bicyclic) bond motifs is 5. The van der Waals surface area contributed by atoms with Crippen LogP contribution < -0.4 is 0 Å². The number of hydrogen-bond acceptors (Lipinski definition) is 2. The van der Waals surface area contributed by atoms with E-state index in [1.807, 2.05) is 0 Å². The Balaban J connectivity index is 1.52. The first-order valence-corrected chi connectivity index (χ1v) is 12.7. The van der Waals surface area contributed by atoms with Gasteiger partial charge in [-0.15, -0.1) is 0 Å². The van der Waals surface area contributed by atoms with Crippen molar-refractivity contribution in [2.45, 2.75) is 104 Å². The molecule has 164 valence electrons.